The smallest absolute Gasteiger partial charge is 0.251 e. The molecule has 0 spiro atoms. The monoisotopic (exact) mass is 540 g/mol. The van der Waals surface area contributed by atoms with Crippen molar-refractivity contribution in [3.63, 3.8) is 0 Å². The Labute approximate surface area is 202 Å². The van der Waals surface area contributed by atoms with Gasteiger partial charge in [-0.05, 0) is 62.2 Å². The van der Waals surface area contributed by atoms with E-state index in [-0.39, 0.29) is 36.0 Å². The fourth-order valence-electron chi connectivity index (χ4n) is 2.82. The number of nitrogens with zero attached hydrogens (tertiary/aromatic N) is 1. The minimum atomic E-state index is -0.0782. The summed E-state index contributed by atoms with van der Waals surface area (Å²) in [5, 5.41) is 9.23. The van der Waals surface area contributed by atoms with Crippen LogP contribution < -0.4 is 25.4 Å². The van der Waals surface area contributed by atoms with E-state index >= 15 is 0 Å². The van der Waals surface area contributed by atoms with Crippen LogP contribution in [0.2, 0.25) is 0 Å². The minimum Gasteiger partial charge on any atom is -0.497 e. The third-order valence-electron chi connectivity index (χ3n) is 4.37. The molecule has 1 atom stereocenters. The van der Waals surface area contributed by atoms with Crippen LogP contribution in [0.1, 0.15) is 29.8 Å². The zero-order chi connectivity index (χ0) is 21.8. The van der Waals surface area contributed by atoms with Crippen LogP contribution in [-0.2, 0) is 6.42 Å². The number of aliphatic imine (C=N–C) groups is 1. The van der Waals surface area contributed by atoms with Crippen molar-refractivity contribution in [1.82, 2.24) is 16.0 Å². The van der Waals surface area contributed by atoms with Crippen molar-refractivity contribution in [2.75, 3.05) is 33.8 Å². The normalized spacial score (nSPS) is 11.7. The predicted octanol–water partition coefficient (Wildman–Crippen LogP) is 3.24. The average molecular weight is 540 g/mol. The van der Waals surface area contributed by atoms with Crippen LogP contribution in [0, 0.1) is 0 Å². The van der Waals surface area contributed by atoms with Gasteiger partial charge in [-0.3, -0.25) is 4.79 Å². The number of carbonyl (C=O) groups is 1. The van der Waals surface area contributed by atoms with Gasteiger partial charge in [0, 0.05) is 25.7 Å². The van der Waals surface area contributed by atoms with Crippen molar-refractivity contribution in [1.29, 1.82) is 0 Å². The van der Waals surface area contributed by atoms with Crippen LogP contribution in [-0.4, -0.2) is 51.8 Å². The van der Waals surface area contributed by atoms with Gasteiger partial charge in [0.1, 0.15) is 17.6 Å². The molecular formula is C23H33IN4O3. The maximum atomic E-state index is 11.8. The van der Waals surface area contributed by atoms with Crippen LogP contribution in [0.25, 0.3) is 0 Å². The Hall–Kier alpha value is -2.49. The Bertz CT molecular complexity index is 828. The molecule has 0 aliphatic rings. The Morgan fingerprint density at radius 1 is 1.10 bits per heavy atom. The quantitative estimate of drug-likeness (QED) is 0.245. The van der Waals surface area contributed by atoms with Gasteiger partial charge in [-0.1, -0.05) is 12.1 Å². The second-order valence-corrected chi connectivity index (χ2v) is 6.78. The first-order valence-corrected chi connectivity index (χ1v) is 10.2. The minimum absolute atomic E-state index is 0. The van der Waals surface area contributed by atoms with Crippen LogP contribution in [0.4, 0.5) is 0 Å². The van der Waals surface area contributed by atoms with Gasteiger partial charge in [0.25, 0.3) is 5.91 Å². The molecule has 0 aliphatic carbocycles. The molecule has 0 aliphatic heterocycles. The van der Waals surface area contributed by atoms with E-state index < -0.39 is 0 Å². The molecule has 31 heavy (non-hydrogen) atoms. The van der Waals surface area contributed by atoms with E-state index in [0.29, 0.717) is 18.7 Å². The topological polar surface area (TPSA) is 84.0 Å². The highest BCUT2D eigenvalue weighted by atomic mass is 127. The summed E-state index contributed by atoms with van der Waals surface area (Å²) in [6, 6.07) is 15.2. The summed E-state index contributed by atoms with van der Waals surface area (Å²) < 4.78 is 11.1. The molecule has 2 aromatic rings. The molecule has 1 unspecified atom stereocenters. The summed E-state index contributed by atoms with van der Waals surface area (Å²) in [6.07, 6.45) is 0.714. The molecule has 7 nitrogen and oxygen atoms in total. The Kier molecular flexibility index (Phi) is 12.4. The Morgan fingerprint density at radius 3 is 2.45 bits per heavy atom. The number of rotatable bonds is 10. The average Bonchev–Trinajstić information content (AvgIpc) is 2.77. The standard InChI is InChI=1S/C23H32N4O3.HI/c1-5-25-23(26-14-13-18-7-6-8-19(15-18)22(28)24-3)27-16-17(2)30-21-11-9-20(29-4)10-12-21;/h6-12,15,17H,5,13-14,16H2,1-4H3,(H,24,28)(H2,25,26,27);1H. The molecule has 2 aromatic carbocycles. The lowest BCUT2D eigenvalue weighted by Gasteiger charge is -2.15. The molecular weight excluding hydrogens is 507 g/mol. The van der Waals surface area contributed by atoms with Crippen molar-refractivity contribution in [3.05, 3.63) is 59.7 Å². The van der Waals surface area contributed by atoms with Gasteiger partial charge in [0.05, 0.1) is 13.7 Å². The predicted molar refractivity (Wildman–Crippen MR) is 136 cm³/mol. The number of hydrogen-bond acceptors (Lipinski definition) is 4. The summed E-state index contributed by atoms with van der Waals surface area (Å²) in [5.41, 5.74) is 1.76. The largest absolute Gasteiger partial charge is 0.497 e. The first-order chi connectivity index (χ1) is 14.5. The number of guanidine groups is 1. The van der Waals surface area contributed by atoms with Gasteiger partial charge in [-0.15, -0.1) is 24.0 Å². The first kappa shape index (κ1) is 26.5. The van der Waals surface area contributed by atoms with Gasteiger partial charge in [0.15, 0.2) is 5.96 Å². The van der Waals surface area contributed by atoms with E-state index in [9.17, 15) is 4.79 Å². The van der Waals surface area contributed by atoms with Gasteiger partial charge >= 0.3 is 0 Å². The van der Waals surface area contributed by atoms with Crippen molar-refractivity contribution in [2.45, 2.75) is 26.4 Å². The fourth-order valence-corrected chi connectivity index (χ4v) is 2.82. The molecule has 0 aromatic heterocycles. The number of nitrogens with one attached hydrogen (secondary N) is 3. The molecule has 0 radical (unpaired) electrons. The molecule has 3 N–H and O–H groups in total. The van der Waals surface area contributed by atoms with Gasteiger partial charge in [0.2, 0.25) is 0 Å². The number of halogens is 1. The highest BCUT2D eigenvalue weighted by Crippen LogP contribution is 2.18. The summed E-state index contributed by atoms with van der Waals surface area (Å²) in [6.45, 7) is 6.01. The van der Waals surface area contributed by atoms with Gasteiger partial charge in [-0.2, -0.15) is 0 Å². The lowest BCUT2D eigenvalue weighted by molar-refractivity contribution is 0.0963. The van der Waals surface area contributed by atoms with E-state index in [1.165, 1.54) is 0 Å². The second-order valence-electron chi connectivity index (χ2n) is 6.78. The SMILES string of the molecule is CCNC(=NCC(C)Oc1ccc(OC)cc1)NCCc1cccc(C(=O)NC)c1.I. The number of benzene rings is 2. The molecule has 8 heteroatoms. The van der Waals surface area contributed by atoms with Crippen molar-refractivity contribution in [3.8, 4) is 11.5 Å². The summed E-state index contributed by atoms with van der Waals surface area (Å²) in [4.78, 5) is 16.4. The number of hydrogen-bond donors (Lipinski definition) is 3. The summed E-state index contributed by atoms with van der Waals surface area (Å²) in [5.74, 6) is 2.25. The van der Waals surface area contributed by atoms with Gasteiger partial charge in [-0.25, -0.2) is 4.99 Å². The summed E-state index contributed by atoms with van der Waals surface area (Å²) in [7, 11) is 3.27. The van der Waals surface area contributed by atoms with Crippen molar-refractivity contribution >= 4 is 35.8 Å². The van der Waals surface area contributed by atoms with Gasteiger partial charge < -0.3 is 25.4 Å². The van der Waals surface area contributed by atoms with Crippen molar-refractivity contribution in [2.24, 2.45) is 4.99 Å². The molecule has 2 rings (SSSR count). The Morgan fingerprint density at radius 2 is 1.81 bits per heavy atom. The maximum Gasteiger partial charge on any atom is 0.251 e. The number of amides is 1. The number of methoxy groups -OCH3 is 1. The zero-order valence-electron chi connectivity index (χ0n) is 18.6. The molecule has 0 saturated heterocycles. The second kappa shape index (κ2) is 14.5. The lowest BCUT2D eigenvalue weighted by atomic mass is 10.1. The first-order valence-electron chi connectivity index (χ1n) is 10.2. The molecule has 170 valence electrons. The van der Waals surface area contributed by atoms with E-state index in [1.807, 2.05) is 62.4 Å². The van der Waals surface area contributed by atoms with Crippen LogP contribution in [0.15, 0.2) is 53.5 Å². The van der Waals surface area contributed by atoms with Crippen molar-refractivity contribution < 1.29 is 14.3 Å². The molecule has 1 amide bonds. The number of carbonyl (C=O) groups excluding carboxylic acids is 1. The molecule has 0 heterocycles. The number of ether oxygens (including phenoxy) is 2. The highest BCUT2D eigenvalue weighted by Gasteiger charge is 2.06. The van der Waals surface area contributed by atoms with Crippen LogP contribution >= 0.6 is 24.0 Å². The Balaban J connectivity index is 0.00000480. The molecule has 0 bridgehead atoms. The maximum absolute atomic E-state index is 11.8. The summed E-state index contributed by atoms with van der Waals surface area (Å²) >= 11 is 0. The van der Waals surface area contributed by atoms with Crippen LogP contribution in [0.3, 0.4) is 0 Å². The van der Waals surface area contributed by atoms with E-state index in [1.54, 1.807) is 14.2 Å². The van der Waals surface area contributed by atoms with E-state index in [2.05, 4.69) is 20.9 Å². The third-order valence-corrected chi connectivity index (χ3v) is 4.37. The van der Waals surface area contributed by atoms with E-state index in [0.717, 1.165) is 36.0 Å². The molecule has 0 saturated carbocycles. The molecule has 0 fully saturated rings. The zero-order valence-corrected chi connectivity index (χ0v) is 20.9. The van der Waals surface area contributed by atoms with Crippen LogP contribution in [0.5, 0.6) is 11.5 Å². The fraction of sp³-hybridized carbons (Fsp3) is 0.391. The lowest BCUT2D eigenvalue weighted by Crippen LogP contribution is -2.39. The van der Waals surface area contributed by atoms with E-state index in [4.69, 9.17) is 9.47 Å². The highest BCUT2D eigenvalue weighted by molar-refractivity contribution is 14.0. The third kappa shape index (κ3) is 9.46.